The number of carbonyl (C=O) groups excluding carboxylic acids is 2. The number of amides is 1. The summed E-state index contributed by atoms with van der Waals surface area (Å²) in [6, 6.07) is 11.9. The molecule has 1 aliphatic heterocycles. The number of fused-ring (bicyclic) bond motifs is 1. The lowest BCUT2D eigenvalue weighted by Gasteiger charge is -2.34. The van der Waals surface area contributed by atoms with E-state index in [1.165, 1.54) is 0 Å². The molecule has 0 saturated carbocycles. The molecular weight excluding hydrogens is 354 g/mol. The third kappa shape index (κ3) is 4.64. The summed E-state index contributed by atoms with van der Waals surface area (Å²) in [6.45, 7) is 7.28. The van der Waals surface area contributed by atoms with Gasteiger partial charge in [0.1, 0.15) is 12.4 Å². The number of benzene rings is 2. The smallest absolute Gasteiger partial charge is 0.309 e. The van der Waals surface area contributed by atoms with Gasteiger partial charge in [0.15, 0.2) is 0 Å². The van der Waals surface area contributed by atoms with E-state index in [1.54, 1.807) is 7.11 Å². The van der Waals surface area contributed by atoms with Crippen LogP contribution in [0, 0.1) is 11.3 Å². The Balaban J connectivity index is 1.53. The van der Waals surface area contributed by atoms with Gasteiger partial charge in [-0.25, -0.2) is 0 Å². The maximum atomic E-state index is 12.4. The minimum absolute atomic E-state index is 0.131. The Bertz CT molecular complexity index is 861. The van der Waals surface area contributed by atoms with Crippen LogP contribution in [-0.4, -0.2) is 37.0 Å². The van der Waals surface area contributed by atoms with Crippen molar-refractivity contribution in [3.8, 4) is 5.75 Å². The number of likely N-dealkylation sites (tertiary alicyclic amines) is 1. The van der Waals surface area contributed by atoms with Gasteiger partial charge in [0.2, 0.25) is 5.91 Å². The molecule has 2 aromatic rings. The normalized spacial score (nSPS) is 15.5. The molecule has 0 atom stereocenters. The third-order valence-corrected chi connectivity index (χ3v) is 5.25. The maximum Gasteiger partial charge on any atom is 0.309 e. The van der Waals surface area contributed by atoms with Gasteiger partial charge in [-0.2, -0.15) is 0 Å². The molecule has 1 fully saturated rings. The van der Waals surface area contributed by atoms with Crippen molar-refractivity contribution in [2.24, 2.45) is 11.3 Å². The molecule has 28 heavy (non-hydrogen) atoms. The molecule has 1 aliphatic rings. The minimum Gasteiger partial charge on any atom is -0.497 e. The summed E-state index contributed by atoms with van der Waals surface area (Å²) in [6.07, 6.45) is 1.33. The summed E-state index contributed by atoms with van der Waals surface area (Å²) in [5.74, 6) is 0.668. The third-order valence-electron chi connectivity index (χ3n) is 5.25. The fourth-order valence-corrected chi connectivity index (χ4v) is 3.55. The first-order valence-corrected chi connectivity index (χ1v) is 9.80. The predicted molar refractivity (Wildman–Crippen MR) is 109 cm³/mol. The highest BCUT2D eigenvalue weighted by Crippen LogP contribution is 2.25. The Morgan fingerprint density at radius 2 is 1.68 bits per heavy atom. The van der Waals surface area contributed by atoms with Crippen molar-refractivity contribution in [1.29, 1.82) is 0 Å². The molecular formula is C23H29NO4. The molecule has 1 amide bonds. The highest BCUT2D eigenvalue weighted by molar-refractivity contribution is 5.84. The number of piperidine rings is 1. The molecule has 150 valence electrons. The highest BCUT2D eigenvalue weighted by Gasteiger charge is 2.32. The number of ether oxygens (including phenoxy) is 2. The quantitative estimate of drug-likeness (QED) is 0.744. The van der Waals surface area contributed by atoms with Crippen molar-refractivity contribution in [3.05, 3.63) is 42.0 Å². The van der Waals surface area contributed by atoms with Crippen molar-refractivity contribution < 1.29 is 19.1 Å². The van der Waals surface area contributed by atoms with Crippen LogP contribution < -0.4 is 4.74 Å². The van der Waals surface area contributed by atoms with Crippen molar-refractivity contribution in [1.82, 2.24) is 4.90 Å². The molecule has 5 nitrogen and oxygen atoms in total. The number of hydrogen-bond donors (Lipinski definition) is 0. The van der Waals surface area contributed by atoms with E-state index in [0.717, 1.165) is 22.1 Å². The first-order valence-electron chi connectivity index (χ1n) is 9.80. The summed E-state index contributed by atoms with van der Waals surface area (Å²) in [5, 5.41) is 2.17. The number of esters is 1. The minimum atomic E-state index is -0.382. The van der Waals surface area contributed by atoms with Crippen LogP contribution in [0.2, 0.25) is 0 Å². The van der Waals surface area contributed by atoms with E-state index in [2.05, 4.69) is 0 Å². The predicted octanol–water partition coefficient (Wildman–Crippen LogP) is 4.18. The molecule has 1 saturated heterocycles. The molecule has 5 heteroatoms. The first kappa shape index (κ1) is 20.2. The largest absolute Gasteiger partial charge is 0.497 e. The molecule has 0 aromatic heterocycles. The van der Waals surface area contributed by atoms with Gasteiger partial charge in [-0.15, -0.1) is 0 Å². The lowest BCUT2D eigenvalue weighted by molar-refractivity contribution is -0.154. The topological polar surface area (TPSA) is 55.8 Å². The molecule has 0 unspecified atom stereocenters. The maximum absolute atomic E-state index is 12.4. The van der Waals surface area contributed by atoms with E-state index in [1.807, 2.05) is 62.1 Å². The zero-order valence-electron chi connectivity index (χ0n) is 17.2. The number of carbonyl (C=O) groups is 2. The van der Waals surface area contributed by atoms with Crippen LogP contribution in [-0.2, 0) is 20.9 Å². The Labute approximate surface area is 166 Å². The van der Waals surface area contributed by atoms with Crippen molar-refractivity contribution >= 4 is 22.6 Å². The van der Waals surface area contributed by atoms with E-state index >= 15 is 0 Å². The van der Waals surface area contributed by atoms with E-state index in [9.17, 15) is 9.59 Å². The average molecular weight is 383 g/mol. The molecule has 0 N–H and O–H groups in total. The Morgan fingerprint density at radius 3 is 2.32 bits per heavy atom. The van der Waals surface area contributed by atoms with Crippen molar-refractivity contribution in [2.45, 2.75) is 40.2 Å². The molecule has 0 aliphatic carbocycles. The zero-order valence-corrected chi connectivity index (χ0v) is 17.2. The van der Waals surface area contributed by atoms with Crippen LogP contribution in [0.25, 0.3) is 10.8 Å². The SMILES string of the molecule is COc1ccc2cc(COC(=O)C3CCN(C(=O)C(C)(C)C)CC3)ccc2c1. The Kier molecular flexibility index (Phi) is 5.92. The number of methoxy groups -OCH3 is 1. The molecule has 1 heterocycles. The fourth-order valence-electron chi connectivity index (χ4n) is 3.55. The van der Waals surface area contributed by atoms with Crippen LogP contribution >= 0.6 is 0 Å². The molecule has 0 radical (unpaired) electrons. The van der Waals surface area contributed by atoms with Crippen molar-refractivity contribution in [3.63, 3.8) is 0 Å². The van der Waals surface area contributed by atoms with Crippen LogP contribution in [0.5, 0.6) is 5.75 Å². The first-order chi connectivity index (χ1) is 13.3. The van der Waals surface area contributed by atoms with Gasteiger partial charge in [-0.3, -0.25) is 9.59 Å². The van der Waals surface area contributed by atoms with Gasteiger partial charge >= 0.3 is 5.97 Å². The fraction of sp³-hybridized carbons (Fsp3) is 0.478. The molecule has 3 rings (SSSR count). The van der Waals surface area contributed by atoms with Crippen LogP contribution in [0.1, 0.15) is 39.2 Å². The van der Waals surface area contributed by atoms with E-state index < -0.39 is 0 Å². The average Bonchev–Trinajstić information content (AvgIpc) is 2.70. The van der Waals surface area contributed by atoms with E-state index in [4.69, 9.17) is 9.47 Å². The molecule has 2 aromatic carbocycles. The van der Waals surface area contributed by atoms with Gasteiger partial charge in [0.25, 0.3) is 0 Å². The lowest BCUT2D eigenvalue weighted by atomic mass is 9.91. The van der Waals surface area contributed by atoms with E-state index in [-0.39, 0.29) is 29.8 Å². The Morgan fingerprint density at radius 1 is 1.04 bits per heavy atom. The van der Waals surface area contributed by atoms with Gasteiger partial charge in [-0.1, -0.05) is 39.0 Å². The summed E-state index contributed by atoms with van der Waals surface area (Å²) >= 11 is 0. The van der Waals surface area contributed by atoms with Crippen LogP contribution in [0.3, 0.4) is 0 Å². The van der Waals surface area contributed by atoms with Crippen LogP contribution in [0.15, 0.2) is 36.4 Å². The second kappa shape index (κ2) is 8.21. The van der Waals surface area contributed by atoms with Crippen LogP contribution in [0.4, 0.5) is 0 Å². The molecule has 0 bridgehead atoms. The monoisotopic (exact) mass is 383 g/mol. The summed E-state index contributed by atoms with van der Waals surface area (Å²) in [7, 11) is 1.65. The van der Waals surface area contributed by atoms with Crippen molar-refractivity contribution in [2.75, 3.05) is 20.2 Å². The Hall–Kier alpha value is -2.56. The van der Waals surface area contributed by atoms with E-state index in [0.29, 0.717) is 25.9 Å². The van der Waals surface area contributed by atoms with Gasteiger partial charge in [0, 0.05) is 18.5 Å². The van der Waals surface area contributed by atoms with Gasteiger partial charge < -0.3 is 14.4 Å². The lowest BCUT2D eigenvalue weighted by Crippen LogP contribution is -2.45. The van der Waals surface area contributed by atoms with Gasteiger partial charge in [-0.05, 0) is 47.4 Å². The second-order valence-corrected chi connectivity index (χ2v) is 8.47. The summed E-state index contributed by atoms with van der Waals surface area (Å²) in [4.78, 5) is 26.7. The number of nitrogens with zero attached hydrogens (tertiary/aromatic N) is 1. The highest BCUT2D eigenvalue weighted by atomic mass is 16.5. The second-order valence-electron chi connectivity index (χ2n) is 8.47. The zero-order chi connectivity index (χ0) is 20.3. The number of rotatable bonds is 4. The van der Waals surface area contributed by atoms with Gasteiger partial charge in [0.05, 0.1) is 13.0 Å². The summed E-state index contributed by atoms with van der Waals surface area (Å²) in [5.41, 5.74) is 0.583. The molecule has 0 spiro atoms. The summed E-state index contributed by atoms with van der Waals surface area (Å²) < 4.78 is 10.8. The number of hydrogen-bond acceptors (Lipinski definition) is 4. The standard InChI is InChI=1S/C23H29NO4/c1-23(2,3)22(26)24-11-9-17(10-12-24)21(25)28-15-16-5-6-19-14-20(27-4)8-7-18(19)13-16/h5-8,13-14,17H,9-12,15H2,1-4H3.